The Kier molecular flexibility index (Phi) is 5.03. The summed E-state index contributed by atoms with van der Waals surface area (Å²) in [5, 5.41) is 12.3. The Morgan fingerprint density at radius 3 is 2.90 bits per heavy atom. The van der Waals surface area contributed by atoms with Gasteiger partial charge in [-0.3, -0.25) is 9.58 Å². The number of aromatic nitrogens is 6. The fourth-order valence-corrected chi connectivity index (χ4v) is 4.00. The number of anilines is 2. The van der Waals surface area contributed by atoms with E-state index in [-0.39, 0.29) is 0 Å². The van der Waals surface area contributed by atoms with Gasteiger partial charge >= 0.3 is 0 Å². The third kappa shape index (κ3) is 3.84. The summed E-state index contributed by atoms with van der Waals surface area (Å²) < 4.78 is 9.88. The zero-order chi connectivity index (χ0) is 21.4. The number of hydrogen-bond donors (Lipinski definition) is 1. The van der Waals surface area contributed by atoms with Gasteiger partial charge in [-0.25, -0.2) is 14.5 Å². The Labute approximate surface area is 180 Å². The van der Waals surface area contributed by atoms with Gasteiger partial charge in [-0.1, -0.05) is 6.92 Å². The maximum absolute atomic E-state index is 6.18. The fraction of sp³-hybridized carbons (Fsp3) is 0.364. The normalized spacial score (nSPS) is 16.4. The predicted octanol–water partition coefficient (Wildman–Crippen LogP) is 3.05. The molecule has 0 spiro atoms. The van der Waals surface area contributed by atoms with Crippen molar-refractivity contribution in [2.75, 3.05) is 25.0 Å². The van der Waals surface area contributed by atoms with E-state index in [1.54, 1.807) is 12.4 Å². The Morgan fingerprint density at radius 2 is 2.13 bits per heavy atom. The van der Waals surface area contributed by atoms with Gasteiger partial charge in [0, 0.05) is 43.7 Å². The molecule has 1 saturated heterocycles. The molecule has 0 radical (unpaired) electrons. The molecule has 9 nitrogen and oxygen atoms in total. The van der Waals surface area contributed by atoms with Gasteiger partial charge in [-0.05, 0) is 38.1 Å². The molecule has 1 N–H and O–H groups in total. The summed E-state index contributed by atoms with van der Waals surface area (Å²) in [6.07, 6.45) is 6.66. The van der Waals surface area contributed by atoms with E-state index < -0.39 is 0 Å². The molecule has 0 bridgehead atoms. The summed E-state index contributed by atoms with van der Waals surface area (Å²) in [6, 6.07) is 8.43. The van der Waals surface area contributed by atoms with Crippen molar-refractivity contribution in [3.05, 3.63) is 48.7 Å². The third-order valence-electron chi connectivity index (χ3n) is 5.78. The van der Waals surface area contributed by atoms with E-state index in [4.69, 9.17) is 4.74 Å². The third-order valence-corrected chi connectivity index (χ3v) is 5.78. The van der Waals surface area contributed by atoms with Crippen LogP contribution in [0.1, 0.15) is 19.2 Å². The summed E-state index contributed by atoms with van der Waals surface area (Å²) in [5.41, 5.74) is 2.97. The van der Waals surface area contributed by atoms with Gasteiger partial charge in [0.2, 0.25) is 0 Å². The van der Waals surface area contributed by atoms with Crippen LogP contribution in [-0.2, 0) is 7.05 Å². The van der Waals surface area contributed by atoms with Crippen molar-refractivity contribution in [1.82, 2.24) is 34.3 Å². The minimum Gasteiger partial charge on any atom is -0.488 e. The molecule has 0 aromatic carbocycles. The quantitative estimate of drug-likeness (QED) is 0.494. The van der Waals surface area contributed by atoms with Crippen LogP contribution >= 0.6 is 0 Å². The molecule has 0 amide bonds. The second kappa shape index (κ2) is 7.99. The lowest BCUT2D eigenvalue weighted by molar-refractivity contribution is 0.0563. The summed E-state index contributed by atoms with van der Waals surface area (Å²) in [5.74, 6) is 2.96. The Hall–Kier alpha value is -3.46. The van der Waals surface area contributed by atoms with Crippen molar-refractivity contribution in [1.29, 1.82) is 0 Å². The maximum Gasteiger partial charge on any atom is 0.165 e. The van der Waals surface area contributed by atoms with Gasteiger partial charge in [0.15, 0.2) is 11.6 Å². The molecule has 4 aromatic heterocycles. The van der Waals surface area contributed by atoms with Crippen LogP contribution in [0, 0.1) is 6.92 Å². The summed E-state index contributed by atoms with van der Waals surface area (Å²) in [6.45, 7) is 6.97. The number of fused-ring (bicyclic) bond motifs is 1. The van der Waals surface area contributed by atoms with Crippen LogP contribution in [0.4, 0.5) is 11.6 Å². The number of hydrogen-bond acceptors (Lipinski definition) is 7. The number of aryl methyl sites for hydroxylation is 2. The lowest BCUT2D eigenvalue weighted by Gasteiger charge is -2.39. The minimum atomic E-state index is 0.495. The molecule has 5 heterocycles. The smallest absolute Gasteiger partial charge is 0.165 e. The first-order valence-corrected chi connectivity index (χ1v) is 10.6. The van der Waals surface area contributed by atoms with Gasteiger partial charge in [0.25, 0.3) is 0 Å². The highest BCUT2D eigenvalue weighted by Crippen LogP contribution is 2.31. The maximum atomic E-state index is 6.18. The molecule has 5 rings (SSSR count). The molecule has 1 unspecified atom stereocenters. The topological polar surface area (TPSA) is 85.4 Å². The van der Waals surface area contributed by atoms with Crippen molar-refractivity contribution < 1.29 is 4.74 Å². The first-order chi connectivity index (χ1) is 15.1. The van der Waals surface area contributed by atoms with E-state index in [2.05, 4.69) is 43.4 Å². The number of nitrogens with one attached hydrogen (secondary N) is 1. The van der Waals surface area contributed by atoms with Crippen LogP contribution in [0.2, 0.25) is 0 Å². The van der Waals surface area contributed by atoms with E-state index in [9.17, 15) is 0 Å². The van der Waals surface area contributed by atoms with Crippen molar-refractivity contribution >= 4 is 17.2 Å². The minimum absolute atomic E-state index is 0.495. The van der Waals surface area contributed by atoms with Crippen LogP contribution < -0.4 is 10.1 Å². The molecule has 4 aromatic rings. The average Bonchev–Trinajstić information content (AvgIpc) is 3.29. The van der Waals surface area contributed by atoms with Crippen LogP contribution in [0.15, 0.2) is 42.9 Å². The van der Waals surface area contributed by atoms with E-state index in [0.717, 1.165) is 47.2 Å². The number of nitrogens with zero attached hydrogens (tertiary/aromatic N) is 7. The van der Waals surface area contributed by atoms with Gasteiger partial charge in [-0.2, -0.15) is 10.2 Å². The molecular weight excluding hydrogens is 392 g/mol. The highest BCUT2D eigenvalue weighted by atomic mass is 16.5. The lowest BCUT2D eigenvalue weighted by Crippen LogP contribution is -2.50. The summed E-state index contributed by atoms with van der Waals surface area (Å²) in [4.78, 5) is 10.9. The predicted molar refractivity (Wildman–Crippen MR) is 119 cm³/mol. The van der Waals surface area contributed by atoms with Crippen LogP contribution in [0.5, 0.6) is 5.75 Å². The molecule has 0 aliphatic carbocycles. The van der Waals surface area contributed by atoms with Crippen molar-refractivity contribution in [2.45, 2.75) is 26.3 Å². The van der Waals surface area contributed by atoms with Gasteiger partial charge < -0.3 is 10.1 Å². The van der Waals surface area contributed by atoms with Crippen molar-refractivity contribution in [3.63, 3.8) is 0 Å². The van der Waals surface area contributed by atoms with Gasteiger partial charge in [-0.15, -0.1) is 0 Å². The largest absolute Gasteiger partial charge is 0.488 e. The van der Waals surface area contributed by atoms with E-state index in [1.807, 2.05) is 47.6 Å². The monoisotopic (exact) mass is 418 g/mol. The zero-order valence-electron chi connectivity index (χ0n) is 18.0. The van der Waals surface area contributed by atoms with Crippen molar-refractivity contribution in [2.24, 2.45) is 7.05 Å². The van der Waals surface area contributed by atoms with Crippen LogP contribution in [-0.4, -0.2) is 60.0 Å². The highest BCUT2D eigenvalue weighted by molar-refractivity contribution is 5.72. The van der Waals surface area contributed by atoms with Crippen LogP contribution in [0.25, 0.3) is 16.8 Å². The first-order valence-electron chi connectivity index (χ1n) is 10.6. The highest BCUT2D eigenvalue weighted by Gasteiger charge is 2.27. The Bertz CT molecular complexity index is 1210. The standard InChI is InChI=1S/C22H26N8O/c1-4-29-9-7-17(29)14-31-19-13-24-28(3)22(19)16-6-10-30-18(11-16)12-21(27-30)26-20-5-8-23-15(2)25-20/h5-6,8,10-13,17H,4,7,9,14H2,1-3H3,(H,23,25,26,27). The second-order valence-corrected chi connectivity index (χ2v) is 7.79. The van der Waals surface area contributed by atoms with E-state index >= 15 is 0 Å². The molecule has 1 atom stereocenters. The fourth-order valence-electron chi connectivity index (χ4n) is 4.00. The lowest BCUT2D eigenvalue weighted by atomic mass is 10.0. The van der Waals surface area contributed by atoms with E-state index in [0.29, 0.717) is 18.5 Å². The van der Waals surface area contributed by atoms with Gasteiger partial charge in [0.05, 0.1) is 11.7 Å². The summed E-state index contributed by atoms with van der Waals surface area (Å²) in [7, 11) is 1.94. The van der Waals surface area contributed by atoms with E-state index in [1.165, 1.54) is 6.42 Å². The number of likely N-dealkylation sites (N-methyl/N-ethyl adjacent to an activating group) is 1. The zero-order valence-corrected chi connectivity index (χ0v) is 18.0. The molecule has 31 heavy (non-hydrogen) atoms. The number of pyridine rings is 1. The number of rotatable bonds is 7. The molecule has 1 aliphatic heterocycles. The second-order valence-electron chi connectivity index (χ2n) is 7.79. The van der Waals surface area contributed by atoms with Crippen LogP contribution in [0.3, 0.4) is 0 Å². The molecule has 160 valence electrons. The molecular formula is C22H26N8O. The Morgan fingerprint density at radius 1 is 1.23 bits per heavy atom. The van der Waals surface area contributed by atoms with Crippen molar-refractivity contribution in [3.8, 4) is 17.0 Å². The van der Waals surface area contributed by atoms with Gasteiger partial charge in [0.1, 0.15) is 23.9 Å². The average molecular weight is 419 g/mol. The number of likely N-dealkylation sites (tertiary alicyclic amines) is 1. The molecule has 9 heteroatoms. The SMILES string of the molecule is CCN1CCC1COc1cnn(C)c1-c1ccn2nc(Nc3ccnc(C)n3)cc2c1. The Balaban J connectivity index is 1.38. The summed E-state index contributed by atoms with van der Waals surface area (Å²) >= 11 is 0. The molecule has 1 aliphatic rings. The number of ether oxygens (including phenoxy) is 1. The molecule has 0 saturated carbocycles. The molecule has 1 fully saturated rings. The first kappa shape index (κ1) is 19.5.